The van der Waals surface area contributed by atoms with Gasteiger partial charge in [0.15, 0.2) is 11.7 Å². The van der Waals surface area contributed by atoms with Gasteiger partial charge in [-0.05, 0) is 38.1 Å². The molecule has 1 unspecified atom stereocenters. The summed E-state index contributed by atoms with van der Waals surface area (Å²) in [5, 5.41) is 3.07. The van der Waals surface area contributed by atoms with E-state index in [1.165, 1.54) is 19.2 Å². The monoisotopic (exact) mass is 478 g/mol. The molecule has 0 aliphatic carbocycles. The minimum absolute atomic E-state index is 0.0116. The van der Waals surface area contributed by atoms with Gasteiger partial charge in [0.2, 0.25) is 0 Å². The SMILES string of the molecule is COC(=O)C1=C(CN2CCCCC2)NC(c2ncc(F)cc2F)=NC1c1ccc(F)cc1Cl. The Bertz CT molecular complexity index is 1130. The molecule has 0 saturated carbocycles. The van der Waals surface area contributed by atoms with E-state index in [1.54, 1.807) is 0 Å². The Morgan fingerprint density at radius 1 is 1.18 bits per heavy atom. The molecule has 4 rings (SSSR count). The molecule has 1 N–H and O–H groups in total. The van der Waals surface area contributed by atoms with Crippen molar-refractivity contribution in [2.75, 3.05) is 26.7 Å². The molecule has 1 fully saturated rings. The largest absolute Gasteiger partial charge is 0.466 e. The van der Waals surface area contributed by atoms with Crippen molar-refractivity contribution in [3.63, 3.8) is 0 Å². The third kappa shape index (κ3) is 5.04. The number of likely N-dealkylation sites (tertiary alicyclic amines) is 1. The minimum Gasteiger partial charge on any atom is -0.466 e. The summed E-state index contributed by atoms with van der Waals surface area (Å²) in [7, 11) is 1.25. The molecule has 1 atom stereocenters. The third-order valence-corrected chi connectivity index (χ3v) is 5.98. The van der Waals surface area contributed by atoms with Gasteiger partial charge in [-0.2, -0.15) is 0 Å². The summed E-state index contributed by atoms with van der Waals surface area (Å²) in [5.74, 6) is -2.92. The van der Waals surface area contributed by atoms with E-state index in [2.05, 4.69) is 20.2 Å². The van der Waals surface area contributed by atoms with Crippen LogP contribution in [0.2, 0.25) is 5.02 Å². The van der Waals surface area contributed by atoms with E-state index in [1.807, 2.05) is 0 Å². The number of rotatable bonds is 5. The number of nitrogens with zero attached hydrogens (tertiary/aromatic N) is 3. The summed E-state index contributed by atoms with van der Waals surface area (Å²) in [5.41, 5.74) is 0.767. The molecule has 1 aromatic heterocycles. The maximum Gasteiger partial charge on any atom is 0.338 e. The molecule has 2 aliphatic heterocycles. The van der Waals surface area contributed by atoms with Crippen molar-refractivity contribution >= 4 is 23.4 Å². The lowest BCUT2D eigenvalue weighted by Crippen LogP contribution is -2.41. The molecular formula is C23H22ClF3N4O2. The molecule has 6 nitrogen and oxygen atoms in total. The van der Waals surface area contributed by atoms with Crippen molar-refractivity contribution < 1.29 is 22.7 Å². The zero-order valence-electron chi connectivity index (χ0n) is 17.9. The first-order chi connectivity index (χ1) is 15.9. The highest BCUT2D eigenvalue weighted by Crippen LogP contribution is 2.36. The van der Waals surface area contributed by atoms with E-state index < -0.39 is 29.5 Å². The van der Waals surface area contributed by atoms with E-state index >= 15 is 0 Å². The van der Waals surface area contributed by atoms with Crippen LogP contribution in [0.4, 0.5) is 13.2 Å². The summed E-state index contributed by atoms with van der Waals surface area (Å²) in [6, 6.07) is 3.44. The zero-order valence-corrected chi connectivity index (χ0v) is 18.6. The fourth-order valence-electron chi connectivity index (χ4n) is 4.07. The number of carbonyl (C=O) groups is 1. The predicted octanol–water partition coefficient (Wildman–Crippen LogP) is 4.16. The van der Waals surface area contributed by atoms with Crippen LogP contribution in [0.3, 0.4) is 0 Å². The highest BCUT2D eigenvalue weighted by molar-refractivity contribution is 6.31. The van der Waals surface area contributed by atoms with Gasteiger partial charge < -0.3 is 10.1 Å². The van der Waals surface area contributed by atoms with Gasteiger partial charge in [0.25, 0.3) is 0 Å². The first-order valence-electron chi connectivity index (χ1n) is 10.5. The first-order valence-corrected chi connectivity index (χ1v) is 10.9. The quantitative estimate of drug-likeness (QED) is 0.654. The van der Waals surface area contributed by atoms with Crippen LogP contribution in [-0.2, 0) is 9.53 Å². The summed E-state index contributed by atoms with van der Waals surface area (Å²) in [6.45, 7) is 2.01. The van der Waals surface area contributed by atoms with Crippen LogP contribution in [0.5, 0.6) is 0 Å². The van der Waals surface area contributed by atoms with Gasteiger partial charge in [-0.15, -0.1) is 0 Å². The van der Waals surface area contributed by atoms with Crippen molar-refractivity contribution in [2.45, 2.75) is 25.3 Å². The van der Waals surface area contributed by atoms with Gasteiger partial charge >= 0.3 is 5.97 Å². The van der Waals surface area contributed by atoms with E-state index in [0.29, 0.717) is 23.9 Å². The van der Waals surface area contributed by atoms with Crippen LogP contribution >= 0.6 is 11.6 Å². The molecule has 0 bridgehead atoms. The zero-order chi connectivity index (χ0) is 23.5. The number of aliphatic imine (C=N–C) groups is 1. The van der Waals surface area contributed by atoms with Crippen LogP contribution in [0.25, 0.3) is 0 Å². The van der Waals surface area contributed by atoms with E-state index in [-0.39, 0.29) is 22.1 Å². The fraction of sp³-hybridized carbons (Fsp3) is 0.348. The number of carbonyl (C=O) groups excluding carboxylic acids is 1. The number of esters is 1. The Kier molecular flexibility index (Phi) is 6.99. The van der Waals surface area contributed by atoms with Gasteiger partial charge in [-0.3, -0.25) is 9.89 Å². The highest BCUT2D eigenvalue weighted by Gasteiger charge is 2.35. The maximum atomic E-state index is 14.6. The lowest BCUT2D eigenvalue weighted by Gasteiger charge is -2.32. The molecule has 174 valence electrons. The molecule has 1 aromatic carbocycles. The van der Waals surface area contributed by atoms with E-state index in [4.69, 9.17) is 16.3 Å². The number of nitrogens with one attached hydrogen (secondary N) is 1. The number of hydrogen-bond donors (Lipinski definition) is 1. The number of pyridine rings is 1. The molecule has 10 heteroatoms. The average Bonchev–Trinajstić information content (AvgIpc) is 2.79. The lowest BCUT2D eigenvalue weighted by atomic mass is 9.94. The summed E-state index contributed by atoms with van der Waals surface area (Å²) in [6.07, 6.45) is 4.04. The van der Waals surface area contributed by atoms with Crippen molar-refractivity contribution in [1.82, 2.24) is 15.2 Å². The molecular weight excluding hydrogens is 457 g/mol. The third-order valence-electron chi connectivity index (χ3n) is 5.65. The van der Waals surface area contributed by atoms with Gasteiger partial charge in [0.1, 0.15) is 23.4 Å². The average molecular weight is 479 g/mol. The summed E-state index contributed by atoms with van der Waals surface area (Å²) < 4.78 is 46.8. The predicted molar refractivity (Wildman–Crippen MR) is 117 cm³/mol. The van der Waals surface area contributed by atoms with Crippen LogP contribution in [-0.4, -0.2) is 48.4 Å². The fourth-order valence-corrected chi connectivity index (χ4v) is 4.34. The van der Waals surface area contributed by atoms with E-state index in [9.17, 15) is 18.0 Å². The Morgan fingerprint density at radius 2 is 1.94 bits per heavy atom. The number of methoxy groups -OCH3 is 1. The second kappa shape index (κ2) is 9.93. The number of amidine groups is 1. The van der Waals surface area contributed by atoms with Crippen molar-refractivity contribution in [2.24, 2.45) is 4.99 Å². The molecule has 1 saturated heterocycles. The second-order valence-corrected chi connectivity index (χ2v) is 8.28. The Morgan fingerprint density at radius 3 is 2.61 bits per heavy atom. The van der Waals surface area contributed by atoms with Crippen LogP contribution in [0, 0.1) is 17.5 Å². The van der Waals surface area contributed by atoms with Gasteiger partial charge in [-0.1, -0.05) is 24.1 Å². The number of halogens is 4. The summed E-state index contributed by atoms with van der Waals surface area (Å²) in [4.78, 5) is 23.4. The molecule has 0 amide bonds. The lowest BCUT2D eigenvalue weighted by molar-refractivity contribution is -0.136. The van der Waals surface area contributed by atoms with Gasteiger partial charge in [0, 0.05) is 28.9 Å². The number of piperidine rings is 1. The number of benzene rings is 1. The maximum absolute atomic E-state index is 14.6. The van der Waals surface area contributed by atoms with Crippen molar-refractivity contribution in [3.8, 4) is 0 Å². The molecule has 3 heterocycles. The Balaban J connectivity index is 1.85. The number of ether oxygens (including phenoxy) is 1. The van der Waals surface area contributed by atoms with E-state index in [0.717, 1.165) is 44.6 Å². The Labute approximate surface area is 194 Å². The van der Waals surface area contributed by atoms with Crippen LogP contribution in [0.15, 0.2) is 46.7 Å². The van der Waals surface area contributed by atoms with Crippen LogP contribution < -0.4 is 5.32 Å². The standard InChI is InChI=1S/C23H22ClF3N4O2/c1-33-23(32)19-18(12-31-7-3-2-4-8-31)29-22(21-17(27)10-14(26)11-28-21)30-20(19)15-6-5-13(25)9-16(15)24/h5-6,9-11,20H,2-4,7-8,12H2,1H3,(H,29,30). The second-order valence-electron chi connectivity index (χ2n) is 7.88. The molecule has 2 aromatic rings. The first kappa shape index (κ1) is 23.3. The Hall–Kier alpha value is -2.91. The molecule has 2 aliphatic rings. The topological polar surface area (TPSA) is 66.8 Å². The van der Waals surface area contributed by atoms with Crippen molar-refractivity contribution in [3.05, 3.63) is 75.5 Å². The number of aromatic nitrogens is 1. The van der Waals surface area contributed by atoms with Crippen molar-refractivity contribution in [1.29, 1.82) is 0 Å². The van der Waals surface area contributed by atoms with Gasteiger partial charge in [0.05, 0.1) is 18.9 Å². The highest BCUT2D eigenvalue weighted by atomic mass is 35.5. The molecule has 0 spiro atoms. The molecule has 0 radical (unpaired) electrons. The minimum atomic E-state index is -1.01. The smallest absolute Gasteiger partial charge is 0.338 e. The number of hydrogen-bond acceptors (Lipinski definition) is 6. The summed E-state index contributed by atoms with van der Waals surface area (Å²) >= 11 is 6.31. The molecule has 33 heavy (non-hydrogen) atoms. The van der Waals surface area contributed by atoms with Gasteiger partial charge in [-0.25, -0.2) is 22.9 Å². The van der Waals surface area contributed by atoms with Crippen LogP contribution in [0.1, 0.15) is 36.6 Å². The normalized spacial score (nSPS) is 19.2.